The average Bonchev–Trinajstić information content (AvgIpc) is 2.71. The molecule has 1 saturated heterocycles. The minimum absolute atomic E-state index is 0.00194. The number of hydrogen-bond acceptors (Lipinski definition) is 4. The molecule has 1 aliphatic heterocycles. The van der Waals surface area contributed by atoms with Gasteiger partial charge >= 0.3 is 0 Å². The first-order chi connectivity index (χ1) is 14.6. The number of likely N-dealkylation sites (tertiary alicyclic amines) is 1. The molecule has 0 spiro atoms. The van der Waals surface area contributed by atoms with Crippen LogP contribution < -0.4 is 5.56 Å². The van der Waals surface area contributed by atoms with Crippen LogP contribution in [0.4, 0.5) is 0 Å². The Balaban J connectivity index is 1.80. The van der Waals surface area contributed by atoms with E-state index in [1.165, 1.54) is 0 Å². The highest BCUT2D eigenvalue weighted by molar-refractivity contribution is 6.31. The Morgan fingerprint density at radius 2 is 2.06 bits per heavy atom. The standard InChI is InChI=1S/C23H31ClN4O3/c1-5-10-27(14-19-25-18-12-16(24)8-9-17(18)20(29)26-19)21(30)15-7-6-11-28(13-15)22(31)23(2,3)4/h8-9,12,15H,5-7,10-11,13-14H2,1-4H3,(H,25,26,29). The van der Waals surface area contributed by atoms with Crippen LogP contribution in [0, 0.1) is 11.3 Å². The van der Waals surface area contributed by atoms with Crippen molar-refractivity contribution in [3.8, 4) is 0 Å². The number of aromatic nitrogens is 2. The molecule has 2 aromatic rings. The summed E-state index contributed by atoms with van der Waals surface area (Å²) in [5, 5.41) is 0.967. The predicted molar refractivity (Wildman–Crippen MR) is 122 cm³/mol. The van der Waals surface area contributed by atoms with Gasteiger partial charge in [-0.2, -0.15) is 0 Å². The number of aromatic amines is 1. The minimum atomic E-state index is -0.468. The van der Waals surface area contributed by atoms with Crippen molar-refractivity contribution in [3.63, 3.8) is 0 Å². The van der Waals surface area contributed by atoms with Gasteiger partial charge in [0.25, 0.3) is 5.56 Å². The lowest BCUT2D eigenvalue weighted by Crippen LogP contribution is -2.49. The maximum absolute atomic E-state index is 13.4. The molecule has 1 aromatic heterocycles. The molecule has 1 atom stereocenters. The first kappa shape index (κ1) is 23.3. The molecule has 1 unspecified atom stereocenters. The monoisotopic (exact) mass is 446 g/mol. The van der Waals surface area contributed by atoms with Crippen LogP contribution in [-0.2, 0) is 16.1 Å². The lowest BCUT2D eigenvalue weighted by molar-refractivity contribution is -0.145. The van der Waals surface area contributed by atoms with Crippen molar-refractivity contribution < 1.29 is 9.59 Å². The number of H-pyrrole nitrogens is 1. The van der Waals surface area contributed by atoms with Gasteiger partial charge in [-0.15, -0.1) is 0 Å². The molecule has 168 valence electrons. The molecule has 0 bridgehead atoms. The average molecular weight is 447 g/mol. The van der Waals surface area contributed by atoms with Crippen LogP contribution in [0.5, 0.6) is 0 Å². The lowest BCUT2D eigenvalue weighted by Gasteiger charge is -2.37. The largest absolute Gasteiger partial charge is 0.341 e. The predicted octanol–water partition coefficient (Wildman–Crippen LogP) is 3.60. The van der Waals surface area contributed by atoms with Gasteiger partial charge in [0.1, 0.15) is 5.82 Å². The van der Waals surface area contributed by atoms with Crippen LogP contribution in [0.25, 0.3) is 10.9 Å². The highest BCUT2D eigenvalue weighted by Gasteiger charge is 2.35. The molecular weight excluding hydrogens is 416 g/mol. The van der Waals surface area contributed by atoms with Crippen LogP contribution in [0.2, 0.25) is 5.02 Å². The zero-order valence-electron chi connectivity index (χ0n) is 18.7. The molecule has 2 amide bonds. The van der Waals surface area contributed by atoms with Gasteiger partial charge in [0.2, 0.25) is 11.8 Å². The quantitative estimate of drug-likeness (QED) is 0.760. The summed E-state index contributed by atoms with van der Waals surface area (Å²) in [5.74, 6) is 0.264. The molecule has 0 saturated carbocycles. The number of fused-ring (bicyclic) bond motifs is 1. The number of rotatable bonds is 5. The van der Waals surface area contributed by atoms with E-state index in [1.807, 2.05) is 32.6 Å². The Labute approximate surface area is 187 Å². The van der Waals surface area contributed by atoms with Crippen molar-refractivity contribution in [1.82, 2.24) is 19.8 Å². The van der Waals surface area contributed by atoms with E-state index < -0.39 is 5.41 Å². The Morgan fingerprint density at radius 3 is 2.74 bits per heavy atom. The molecule has 1 aromatic carbocycles. The van der Waals surface area contributed by atoms with Gasteiger partial charge in [-0.05, 0) is 37.5 Å². The van der Waals surface area contributed by atoms with E-state index in [4.69, 9.17) is 11.6 Å². The number of nitrogens with zero attached hydrogens (tertiary/aromatic N) is 3. The normalized spacial score (nSPS) is 17.1. The molecule has 0 radical (unpaired) electrons. The van der Waals surface area contributed by atoms with Crippen molar-refractivity contribution >= 4 is 34.3 Å². The summed E-state index contributed by atoms with van der Waals surface area (Å²) in [5.41, 5.74) is -0.209. The Bertz CT molecular complexity index is 1030. The van der Waals surface area contributed by atoms with E-state index in [-0.39, 0.29) is 29.8 Å². The third-order valence-corrected chi connectivity index (χ3v) is 5.80. The summed E-state index contributed by atoms with van der Waals surface area (Å²) in [6.07, 6.45) is 2.35. The summed E-state index contributed by atoms with van der Waals surface area (Å²) in [6, 6.07) is 4.95. The highest BCUT2D eigenvalue weighted by atomic mass is 35.5. The van der Waals surface area contributed by atoms with E-state index in [1.54, 1.807) is 23.1 Å². The molecule has 1 N–H and O–H groups in total. The highest BCUT2D eigenvalue weighted by Crippen LogP contribution is 2.25. The molecule has 1 fully saturated rings. The van der Waals surface area contributed by atoms with Crippen LogP contribution in [0.3, 0.4) is 0 Å². The smallest absolute Gasteiger partial charge is 0.258 e. The van der Waals surface area contributed by atoms with E-state index >= 15 is 0 Å². The maximum atomic E-state index is 13.4. The molecule has 2 heterocycles. The number of carbonyl (C=O) groups excluding carboxylic acids is 2. The number of amides is 2. The molecule has 3 rings (SSSR count). The molecule has 1 aliphatic rings. The van der Waals surface area contributed by atoms with Gasteiger partial charge in [-0.3, -0.25) is 14.4 Å². The second-order valence-corrected chi connectivity index (χ2v) is 9.71. The van der Waals surface area contributed by atoms with Gasteiger partial charge in [-0.1, -0.05) is 39.3 Å². The van der Waals surface area contributed by atoms with Gasteiger partial charge in [-0.25, -0.2) is 4.98 Å². The summed E-state index contributed by atoms with van der Waals surface area (Å²) in [7, 11) is 0. The SMILES string of the molecule is CCCN(Cc1nc2cc(Cl)ccc2c(=O)[nH]1)C(=O)C1CCCN(C(=O)C(C)(C)C)C1. The molecular formula is C23H31ClN4O3. The number of carbonyl (C=O) groups is 2. The fraction of sp³-hybridized carbons (Fsp3) is 0.565. The van der Waals surface area contributed by atoms with Crippen molar-refractivity contribution in [2.45, 2.75) is 53.5 Å². The summed E-state index contributed by atoms with van der Waals surface area (Å²) >= 11 is 6.05. The van der Waals surface area contributed by atoms with Crippen molar-refractivity contribution in [2.75, 3.05) is 19.6 Å². The van der Waals surface area contributed by atoms with Crippen LogP contribution in [0.1, 0.15) is 52.8 Å². The maximum Gasteiger partial charge on any atom is 0.258 e. The van der Waals surface area contributed by atoms with Crippen LogP contribution >= 0.6 is 11.6 Å². The first-order valence-electron chi connectivity index (χ1n) is 10.9. The third-order valence-electron chi connectivity index (χ3n) is 5.56. The zero-order valence-corrected chi connectivity index (χ0v) is 19.5. The van der Waals surface area contributed by atoms with E-state index in [2.05, 4.69) is 9.97 Å². The van der Waals surface area contributed by atoms with Gasteiger partial charge in [0.05, 0.1) is 23.4 Å². The molecule has 31 heavy (non-hydrogen) atoms. The first-order valence-corrected chi connectivity index (χ1v) is 11.2. The van der Waals surface area contributed by atoms with Gasteiger partial charge in [0, 0.05) is 30.1 Å². The Morgan fingerprint density at radius 1 is 1.32 bits per heavy atom. The molecule has 0 aliphatic carbocycles. The van der Waals surface area contributed by atoms with Crippen molar-refractivity contribution in [1.29, 1.82) is 0 Å². The van der Waals surface area contributed by atoms with Crippen LogP contribution in [0.15, 0.2) is 23.0 Å². The second-order valence-electron chi connectivity index (χ2n) is 9.27. The fourth-order valence-electron chi connectivity index (χ4n) is 4.05. The number of hydrogen-bond donors (Lipinski definition) is 1. The number of nitrogens with one attached hydrogen (secondary N) is 1. The fourth-order valence-corrected chi connectivity index (χ4v) is 4.22. The summed E-state index contributed by atoms with van der Waals surface area (Å²) in [6.45, 7) is 9.61. The van der Waals surface area contributed by atoms with Crippen LogP contribution in [-0.4, -0.2) is 51.2 Å². The Hall–Kier alpha value is -2.41. The van der Waals surface area contributed by atoms with Gasteiger partial charge in [0.15, 0.2) is 0 Å². The van der Waals surface area contributed by atoms with Crippen molar-refractivity contribution in [3.05, 3.63) is 39.4 Å². The minimum Gasteiger partial charge on any atom is -0.341 e. The molecule has 8 heteroatoms. The summed E-state index contributed by atoms with van der Waals surface area (Å²) < 4.78 is 0. The van der Waals surface area contributed by atoms with E-state index in [0.717, 1.165) is 19.3 Å². The zero-order chi connectivity index (χ0) is 22.8. The van der Waals surface area contributed by atoms with Gasteiger partial charge < -0.3 is 14.8 Å². The number of halogens is 1. The van der Waals surface area contributed by atoms with E-state index in [0.29, 0.717) is 41.4 Å². The van der Waals surface area contributed by atoms with E-state index in [9.17, 15) is 14.4 Å². The van der Waals surface area contributed by atoms with Crippen molar-refractivity contribution in [2.24, 2.45) is 11.3 Å². The summed E-state index contributed by atoms with van der Waals surface area (Å²) in [4.78, 5) is 49.4. The topological polar surface area (TPSA) is 86.4 Å². The third kappa shape index (κ3) is 5.45. The molecule has 7 nitrogen and oxygen atoms in total. The number of benzene rings is 1. The Kier molecular flexibility index (Phi) is 7.04. The number of piperidine rings is 1. The lowest BCUT2D eigenvalue weighted by atomic mass is 9.90. The second kappa shape index (κ2) is 9.39.